The molecule has 2 aromatic rings. The van der Waals surface area contributed by atoms with Crippen LogP contribution in [-0.4, -0.2) is 40.2 Å². The first-order chi connectivity index (χ1) is 10.3. The Labute approximate surface area is 124 Å². The molecule has 1 aliphatic carbocycles. The molecule has 2 fully saturated rings. The van der Waals surface area contributed by atoms with Crippen molar-refractivity contribution in [1.82, 2.24) is 14.7 Å². The quantitative estimate of drug-likeness (QED) is 0.872. The smallest absolute Gasteiger partial charge is 0.152 e. The van der Waals surface area contributed by atoms with E-state index in [0.717, 1.165) is 37.5 Å². The molecule has 1 aliphatic heterocycles. The SMILES string of the molecule is OCC1CCN(c2nc3ccccn3c2CNC2CC2)C1. The highest BCUT2D eigenvalue weighted by atomic mass is 16.3. The molecule has 2 aromatic heterocycles. The van der Waals surface area contributed by atoms with E-state index >= 15 is 0 Å². The summed E-state index contributed by atoms with van der Waals surface area (Å²) in [6.07, 6.45) is 5.74. The number of aliphatic hydroxyl groups excluding tert-OH is 1. The zero-order valence-corrected chi connectivity index (χ0v) is 12.2. The van der Waals surface area contributed by atoms with Gasteiger partial charge in [0.15, 0.2) is 5.82 Å². The van der Waals surface area contributed by atoms with Gasteiger partial charge in [-0.1, -0.05) is 6.07 Å². The summed E-state index contributed by atoms with van der Waals surface area (Å²) >= 11 is 0. The van der Waals surface area contributed by atoms with Gasteiger partial charge in [0.2, 0.25) is 0 Å². The van der Waals surface area contributed by atoms with Crippen LogP contribution in [0.2, 0.25) is 0 Å². The Morgan fingerprint density at radius 1 is 1.29 bits per heavy atom. The molecule has 4 rings (SSSR count). The van der Waals surface area contributed by atoms with Crippen LogP contribution in [0, 0.1) is 5.92 Å². The van der Waals surface area contributed by atoms with Crippen molar-refractivity contribution in [3.63, 3.8) is 0 Å². The molecule has 0 spiro atoms. The molecule has 0 amide bonds. The van der Waals surface area contributed by atoms with E-state index in [0.29, 0.717) is 12.0 Å². The van der Waals surface area contributed by atoms with Gasteiger partial charge < -0.3 is 19.7 Å². The molecule has 112 valence electrons. The molecule has 2 N–H and O–H groups in total. The number of aliphatic hydroxyl groups is 1. The van der Waals surface area contributed by atoms with Gasteiger partial charge >= 0.3 is 0 Å². The van der Waals surface area contributed by atoms with Gasteiger partial charge in [-0.3, -0.25) is 0 Å². The van der Waals surface area contributed by atoms with E-state index in [1.165, 1.54) is 18.5 Å². The minimum absolute atomic E-state index is 0.277. The first kappa shape index (κ1) is 13.1. The molecule has 1 atom stereocenters. The second kappa shape index (κ2) is 5.31. The first-order valence-electron chi connectivity index (χ1n) is 7.90. The van der Waals surface area contributed by atoms with Gasteiger partial charge in [0.05, 0.1) is 5.69 Å². The van der Waals surface area contributed by atoms with Crippen LogP contribution >= 0.6 is 0 Å². The number of anilines is 1. The Bertz CT molecular complexity index is 634. The lowest BCUT2D eigenvalue weighted by Gasteiger charge is -2.17. The second-order valence-corrected chi connectivity index (χ2v) is 6.25. The van der Waals surface area contributed by atoms with Crippen molar-refractivity contribution in [2.24, 2.45) is 5.92 Å². The van der Waals surface area contributed by atoms with Crippen LogP contribution < -0.4 is 10.2 Å². The van der Waals surface area contributed by atoms with Crippen molar-refractivity contribution in [3.8, 4) is 0 Å². The second-order valence-electron chi connectivity index (χ2n) is 6.25. The summed E-state index contributed by atoms with van der Waals surface area (Å²) in [6.45, 7) is 3.05. The zero-order valence-electron chi connectivity index (χ0n) is 12.2. The largest absolute Gasteiger partial charge is 0.396 e. The molecular weight excluding hydrogens is 264 g/mol. The van der Waals surface area contributed by atoms with Crippen molar-refractivity contribution < 1.29 is 5.11 Å². The predicted molar refractivity (Wildman–Crippen MR) is 82.5 cm³/mol. The standard InChI is InChI=1S/C16H22N4O/c21-11-12-6-8-19(10-12)16-14(9-17-13-4-5-13)20-7-2-1-3-15(20)18-16/h1-3,7,12-13,17,21H,4-6,8-11H2. The van der Waals surface area contributed by atoms with Gasteiger partial charge in [-0.2, -0.15) is 0 Å². The van der Waals surface area contributed by atoms with Crippen molar-refractivity contribution in [2.75, 3.05) is 24.6 Å². The number of imidazole rings is 1. The van der Waals surface area contributed by atoms with Crippen LogP contribution in [0.3, 0.4) is 0 Å². The Morgan fingerprint density at radius 2 is 2.19 bits per heavy atom. The highest BCUT2D eigenvalue weighted by Gasteiger charge is 2.27. The van der Waals surface area contributed by atoms with Gasteiger partial charge in [0, 0.05) is 44.4 Å². The number of nitrogens with one attached hydrogen (secondary N) is 1. The summed E-state index contributed by atoms with van der Waals surface area (Å²) in [6, 6.07) is 6.84. The third-order valence-electron chi connectivity index (χ3n) is 4.59. The molecule has 5 heteroatoms. The molecule has 21 heavy (non-hydrogen) atoms. The molecule has 5 nitrogen and oxygen atoms in total. The lowest BCUT2D eigenvalue weighted by Crippen LogP contribution is -2.24. The van der Waals surface area contributed by atoms with Crippen molar-refractivity contribution in [3.05, 3.63) is 30.1 Å². The summed E-state index contributed by atoms with van der Waals surface area (Å²) < 4.78 is 2.19. The Morgan fingerprint density at radius 3 is 2.95 bits per heavy atom. The number of hydrogen-bond donors (Lipinski definition) is 2. The van der Waals surface area contributed by atoms with E-state index in [9.17, 15) is 5.11 Å². The van der Waals surface area contributed by atoms with Crippen LogP contribution in [0.25, 0.3) is 5.65 Å². The number of hydrogen-bond acceptors (Lipinski definition) is 4. The number of fused-ring (bicyclic) bond motifs is 1. The van der Waals surface area contributed by atoms with Gasteiger partial charge in [0.25, 0.3) is 0 Å². The van der Waals surface area contributed by atoms with Crippen LogP contribution in [0.15, 0.2) is 24.4 Å². The van der Waals surface area contributed by atoms with E-state index in [2.05, 4.69) is 32.9 Å². The number of pyridine rings is 1. The zero-order chi connectivity index (χ0) is 14.2. The summed E-state index contributed by atoms with van der Waals surface area (Å²) in [5.41, 5.74) is 2.25. The van der Waals surface area contributed by atoms with E-state index in [-0.39, 0.29) is 6.61 Å². The summed E-state index contributed by atoms with van der Waals surface area (Å²) in [7, 11) is 0. The Balaban J connectivity index is 1.67. The average molecular weight is 286 g/mol. The minimum Gasteiger partial charge on any atom is -0.396 e. The van der Waals surface area contributed by atoms with Crippen molar-refractivity contribution in [1.29, 1.82) is 0 Å². The molecule has 1 saturated carbocycles. The predicted octanol–water partition coefficient (Wildman–Crippen LogP) is 1.40. The lowest BCUT2D eigenvalue weighted by molar-refractivity contribution is 0.238. The highest BCUT2D eigenvalue weighted by molar-refractivity contribution is 5.56. The Hall–Kier alpha value is -1.59. The normalized spacial score (nSPS) is 22.3. The van der Waals surface area contributed by atoms with Gasteiger partial charge in [-0.25, -0.2) is 4.98 Å². The van der Waals surface area contributed by atoms with E-state index in [1.807, 2.05) is 6.07 Å². The van der Waals surface area contributed by atoms with Crippen LogP contribution in [-0.2, 0) is 6.54 Å². The molecule has 1 saturated heterocycles. The molecule has 2 aliphatic rings. The van der Waals surface area contributed by atoms with Crippen LogP contribution in [0.5, 0.6) is 0 Å². The average Bonchev–Trinajstić information content (AvgIpc) is 3.10. The summed E-state index contributed by atoms with van der Waals surface area (Å²) in [5.74, 6) is 1.48. The third-order valence-corrected chi connectivity index (χ3v) is 4.59. The number of nitrogens with zero attached hydrogens (tertiary/aromatic N) is 3. The minimum atomic E-state index is 0.277. The molecule has 3 heterocycles. The molecule has 1 unspecified atom stereocenters. The fourth-order valence-electron chi connectivity index (χ4n) is 3.15. The number of aromatic nitrogens is 2. The molecule has 0 radical (unpaired) electrons. The fourth-order valence-corrected chi connectivity index (χ4v) is 3.15. The van der Waals surface area contributed by atoms with Gasteiger partial charge in [-0.15, -0.1) is 0 Å². The topological polar surface area (TPSA) is 52.8 Å². The van der Waals surface area contributed by atoms with Crippen molar-refractivity contribution in [2.45, 2.75) is 31.8 Å². The lowest BCUT2D eigenvalue weighted by atomic mass is 10.1. The fraction of sp³-hybridized carbons (Fsp3) is 0.562. The molecular formula is C16H22N4O. The highest BCUT2D eigenvalue weighted by Crippen LogP contribution is 2.28. The monoisotopic (exact) mass is 286 g/mol. The van der Waals surface area contributed by atoms with Crippen molar-refractivity contribution >= 4 is 11.5 Å². The summed E-state index contributed by atoms with van der Waals surface area (Å²) in [4.78, 5) is 7.16. The molecule has 0 bridgehead atoms. The summed E-state index contributed by atoms with van der Waals surface area (Å²) in [5, 5.41) is 13.0. The van der Waals surface area contributed by atoms with E-state index in [1.54, 1.807) is 0 Å². The van der Waals surface area contributed by atoms with Gasteiger partial charge in [0.1, 0.15) is 5.65 Å². The van der Waals surface area contributed by atoms with E-state index < -0.39 is 0 Å². The van der Waals surface area contributed by atoms with Gasteiger partial charge in [-0.05, 0) is 31.4 Å². The van der Waals surface area contributed by atoms with E-state index in [4.69, 9.17) is 4.98 Å². The Kier molecular flexibility index (Phi) is 3.31. The molecule has 0 aromatic carbocycles. The maximum Gasteiger partial charge on any atom is 0.152 e. The number of rotatable bonds is 5. The van der Waals surface area contributed by atoms with Crippen LogP contribution in [0.1, 0.15) is 25.0 Å². The maximum absolute atomic E-state index is 9.36. The van der Waals surface area contributed by atoms with Crippen LogP contribution in [0.4, 0.5) is 5.82 Å². The third kappa shape index (κ3) is 2.51. The maximum atomic E-state index is 9.36. The first-order valence-corrected chi connectivity index (χ1v) is 7.90.